The van der Waals surface area contributed by atoms with Crippen LogP contribution in [0.5, 0.6) is 0 Å². The monoisotopic (exact) mass is 341 g/mol. The van der Waals surface area contributed by atoms with Crippen LogP contribution in [0.4, 0.5) is 4.39 Å². The zero-order valence-electron chi connectivity index (χ0n) is 10.5. The molecule has 100 valence electrons. The zero-order valence-corrected chi connectivity index (χ0v) is 12.8. The average Bonchev–Trinajstić information content (AvgIpc) is 2.39. The Kier molecular flexibility index (Phi) is 4.97. The summed E-state index contributed by atoms with van der Waals surface area (Å²) >= 11 is 9.49. The van der Waals surface area contributed by atoms with E-state index in [-0.39, 0.29) is 11.9 Å². The minimum Gasteiger partial charge on any atom is -0.306 e. The molecule has 0 spiro atoms. The van der Waals surface area contributed by atoms with E-state index >= 15 is 0 Å². The normalized spacial score (nSPS) is 12.4. The van der Waals surface area contributed by atoms with Crippen LogP contribution in [0.3, 0.4) is 0 Å². The van der Waals surface area contributed by atoms with Crippen LogP contribution < -0.4 is 5.32 Å². The molecule has 0 aliphatic carbocycles. The summed E-state index contributed by atoms with van der Waals surface area (Å²) in [5.74, 6) is -0.267. The molecule has 0 amide bonds. The highest BCUT2D eigenvalue weighted by molar-refractivity contribution is 9.10. The van der Waals surface area contributed by atoms with Crippen molar-refractivity contribution in [3.63, 3.8) is 0 Å². The van der Waals surface area contributed by atoms with Gasteiger partial charge < -0.3 is 5.32 Å². The van der Waals surface area contributed by atoms with Crippen LogP contribution in [-0.2, 0) is 6.54 Å². The molecule has 0 fully saturated rings. The van der Waals surface area contributed by atoms with Crippen molar-refractivity contribution in [1.82, 2.24) is 5.32 Å². The van der Waals surface area contributed by atoms with Gasteiger partial charge in [-0.05, 0) is 48.4 Å². The van der Waals surface area contributed by atoms with E-state index in [1.165, 1.54) is 17.7 Å². The largest absolute Gasteiger partial charge is 0.306 e. The van der Waals surface area contributed by atoms with Crippen molar-refractivity contribution < 1.29 is 4.39 Å². The Morgan fingerprint density at radius 1 is 1.26 bits per heavy atom. The fraction of sp³-hybridized carbons (Fsp3) is 0.200. The highest BCUT2D eigenvalue weighted by Crippen LogP contribution is 2.20. The first-order valence-electron chi connectivity index (χ1n) is 5.99. The van der Waals surface area contributed by atoms with Crippen LogP contribution in [0.1, 0.15) is 24.1 Å². The number of halogens is 3. The van der Waals surface area contributed by atoms with Gasteiger partial charge >= 0.3 is 0 Å². The summed E-state index contributed by atoms with van der Waals surface area (Å²) in [6.45, 7) is 2.60. The van der Waals surface area contributed by atoms with Gasteiger partial charge in [-0.25, -0.2) is 4.39 Å². The molecule has 19 heavy (non-hydrogen) atoms. The maximum absolute atomic E-state index is 13.2. The summed E-state index contributed by atoms with van der Waals surface area (Å²) in [7, 11) is 0. The van der Waals surface area contributed by atoms with Gasteiger partial charge in [-0.15, -0.1) is 0 Å². The molecule has 1 unspecified atom stereocenters. The molecule has 0 aliphatic rings. The Morgan fingerprint density at radius 3 is 2.79 bits per heavy atom. The number of rotatable bonds is 4. The number of nitrogens with one attached hydrogen (secondary N) is 1. The van der Waals surface area contributed by atoms with Gasteiger partial charge in [-0.1, -0.05) is 39.7 Å². The Morgan fingerprint density at radius 2 is 2.05 bits per heavy atom. The third kappa shape index (κ3) is 4.03. The molecule has 1 atom stereocenters. The summed E-state index contributed by atoms with van der Waals surface area (Å²) in [4.78, 5) is 0. The maximum atomic E-state index is 13.2. The number of hydrogen-bond donors (Lipinski definition) is 1. The minimum atomic E-state index is -0.267. The van der Waals surface area contributed by atoms with Crippen molar-refractivity contribution in [2.75, 3.05) is 0 Å². The first-order valence-corrected chi connectivity index (χ1v) is 7.16. The van der Waals surface area contributed by atoms with Crippen LogP contribution in [-0.4, -0.2) is 0 Å². The lowest BCUT2D eigenvalue weighted by Gasteiger charge is -2.15. The van der Waals surface area contributed by atoms with Crippen LogP contribution >= 0.6 is 27.5 Å². The molecule has 0 radical (unpaired) electrons. The first kappa shape index (κ1) is 14.5. The number of hydrogen-bond acceptors (Lipinski definition) is 1. The SMILES string of the molecule is CC(NCc1cc(F)ccc1Cl)c1cccc(Br)c1. The third-order valence-electron chi connectivity index (χ3n) is 2.96. The lowest BCUT2D eigenvalue weighted by atomic mass is 10.1. The van der Waals surface area contributed by atoms with Gasteiger partial charge in [0.05, 0.1) is 0 Å². The summed E-state index contributed by atoms with van der Waals surface area (Å²) in [5.41, 5.74) is 1.94. The topological polar surface area (TPSA) is 12.0 Å². The minimum absolute atomic E-state index is 0.164. The first-order chi connectivity index (χ1) is 9.06. The van der Waals surface area contributed by atoms with Crippen LogP contribution in [0, 0.1) is 5.82 Å². The highest BCUT2D eigenvalue weighted by atomic mass is 79.9. The molecule has 2 aromatic carbocycles. The maximum Gasteiger partial charge on any atom is 0.123 e. The van der Waals surface area contributed by atoms with Gasteiger partial charge in [0.1, 0.15) is 5.82 Å². The third-order valence-corrected chi connectivity index (χ3v) is 3.82. The fourth-order valence-electron chi connectivity index (χ4n) is 1.84. The van der Waals surface area contributed by atoms with Crippen molar-refractivity contribution in [1.29, 1.82) is 0 Å². The Bertz CT molecular complexity index is 574. The summed E-state index contributed by atoms with van der Waals surface area (Å²) in [6.07, 6.45) is 0. The second-order valence-corrected chi connectivity index (χ2v) is 5.72. The van der Waals surface area contributed by atoms with Gasteiger partial charge in [0.15, 0.2) is 0 Å². The lowest BCUT2D eigenvalue weighted by molar-refractivity contribution is 0.569. The fourth-order valence-corrected chi connectivity index (χ4v) is 2.44. The molecule has 1 nitrogen and oxygen atoms in total. The summed E-state index contributed by atoms with van der Waals surface area (Å²) in [5, 5.41) is 3.92. The second kappa shape index (κ2) is 6.51. The van der Waals surface area contributed by atoms with Gasteiger partial charge in [-0.2, -0.15) is 0 Å². The van der Waals surface area contributed by atoms with Crippen LogP contribution in [0.25, 0.3) is 0 Å². The zero-order chi connectivity index (χ0) is 13.8. The predicted molar refractivity (Wildman–Crippen MR) is 80.8 cm³/mol. The van der Waals surface area contributed by atoms with E-state index in [2.05, 4.69) is 40.3 Å². The molecule has 0 saturated heterocycles. The molecule has 0 saturated carbocycles. The smallest absolute Gasteiger partial charge is 0.123 e. The summed E-state index contributed by atoms with van der Waals surface area (Å²) in [6, 6.07) is 12.7. The van der Waals surface area contributed by atoms with Gasteiger partial charge in [0.2, 0.25) is 0 Å². The van der Waals surface area contributed by atoms with Crippen molar-refractivity contribution in [2.45, 2.75) is 19.5 Å². The number of benzene rings is 2. The molecule has 2 rings (SSSR count). The molecule has 0 aromatic heterocycles. The molecule has 0 bridgehead atoms. The predicted octanol–water partition coefficient (Wildman–Crippen LogP) is 5.09. The van der Waals surface area contributed by atoms with Crippen LogP contribution in [0.2, 0.25) is 5.02 Å². The van der Waals surface area contributed by atoms with E-state index < -0.39 is 0 Å². The van der Waals surface area contributed by atoms with E-state index in [4.69, 9.17) is 11.6 Å². The molecule has 2 aromatic rings. The highest BCUT2D eigenvalue weighted by Gasteiger charge is 2.07. The molecule has 1 N–H and O–H groups in total. The molecule has 4 heteroatoms. The summed E-state index contributed by atoms with van der Waals surface area (Å²) < 4.78 is 14.2. The van der Waals surface area contributed by atoms with Crippen molar-refractivity contribution in [2.24, 2.45) is 0 Å². The van der Waals surface area contributed by atoms with E-state index in [0.29, 0.717) is 11.6 Å². The molecular formula is C15H14BrClFN. The quantitative estimate of drug-likeness (QED) is 0.816. The molecule has 0 aliphatic heterocycles. The van der Waals surface area contributed by atoms with E-state index in [1.807, 2.05) is 12.1 Å². The second-order valence-electron chi connectivity index (χ2n) is 4.39. The van der Waals surface area contributed by atoms with Crippen LogP contribution in [0.15, 0.2) is 46.9 Å². The van der Waals surface area contributed by atoms with Crippen molar-refractivity contribution in [3.05, 3.63) is 68.9 Å². The van der Waals surface area contributed by atoms with Crippen molar-refractivity contribution >= 4 is 27.5 Å². The van der Waals surface area contributed by atoms with E-state index in [0.717, 1.165) is 10.0 Å². The Balaban J connectivity index is 2.04. The van der Waals surface area contributed by atoms with Crippen molar-refractivity contribution in [3.8, 4) is 0 Å². The Labute approximate surface area is 125 Å². The lowest BCUT2D eigenvalue weighted by Crippen LogP contribution is -2.18. The van der Waals surface area contributed by atoms with E-state index in [9.17, 15) is 4.39 Å². The molecule has 0 heterocycles. The van der Waals surface area contributed by atoms with Gasteiger partial charge in [0, 0.05) is 22.1 Å². The van der Waals surface area contributed by atoms with Gasteiger partial charge in [0.25, 0.3) is 0 Å². The Hall–Kier alpha value is -0.900. The molecular weight excluding hydrogens is 329 g/mol. The average molecular weight is 343 g/mol. The van der Waals surface area contributed by atoms with E-state index in [1.54, 1.807) is 6.07 Å². The standard InChI is InChI=1S/C15H14BrClFN/c1-10(11-3-2-4-13(16)7-11)19-9-12-8-14(18)5-6-15(12)17/h2-8,10,19H,9H2,1H3. The van der Waals surface area contributed by atoms with Gasteiger partial charge in [-0.3, -0.25) is 0 Å².